The number of hydrogen-bond acceptors (Lipinski definition) is 3. The van der Waals surface area contributed by atoms with Crippen LogP contribution in [0.5, 0.6) is 0 Å². The SMILES string of the molecule is CCCCCOC(=O)C(CC(C)C)NC(=O)C(F)(F)F. The molecule has 0 aliphatic carbocycles. The Bertz CT molecular complexity index is 316. The zero-order chi connectivity index (χ0) is 15.8. The predicted octanol–water partition coefficient (Wildman–Crippen LogP) is 2.81. The van der Waals surface area contributed by atoms with Crippen LogP contribution in [0.1, 0.15) is 46.5 Å². The first-order chi connectivity index (χ1) is 9.18. The molecule has 0 aromatic heterocycles. The molecule has 0 spiro atoms. The molecule has 4 nitrogen and oxygen atoms in total. The van der Waals surface area contributed by atoms with Crippen molar-refractivity contribution in [3.63, 3.8) is 0 Å². The summed E-state index contributed by atoms with van der Waals surface area (Å²) in [7, 11) is 0. The van der Waals surface area contributed by atoms with Crippen molar-refractivity contribution in [2.75, 3.05) is 6.61 Å². The number of hydrogen-bond donors (Lipinski definition) is 1. The van der Waals surface area contributed by atoms with E-state index in [1.165, 1.54) is 0 Å². The topological polar surface area (TPSA) is 55.4 Å². The fraction of sp³-hybridized carbons (Fsp3) is 0.846. The van der Waals surface area contributed by atoms with Crippen LogP contribution in [-0.4, -0.2) is 30.7 Å². The molecule has 0 saturated heterocycles. The van der Waals surface area contributed by atoms with Gasteiger partial charge in [0.25, 0.3) is 0 Å². The number of nitrogens with one attached hydrogen (secondary N) is 1. The van der Waals surface area contributed by atoms with Gasteiger partial charge in [0.05, 0.1) is 6.61 Å². The van der Waals surface area contributed by atoms with Crippen LogP contribution in [0, 0.1) is 5.92 Å². The second-order valence-electron chi connectivity index (χ2n) is 5.03. The van der Waals surface area contributed by atoms with Crippen LogP contribution in [-0.2, 0) is 14.3 Å². The average Bonchev–Trinajstić information content (AvgIpc) is 2.31. The zero-order valence-electron chi connectivity index (χ0n) is 12.0. The summed E-state index contributed by atoms with van der Waals surface area (Å²) in [6.45, 7) is 5.63. The highest BCUT2D eigenvalue weighted by atomic mass is 19.4. The Balaban J connectivity index is 4.47. The van der Waals surface area contributed by atoms with Crippen LogP contribution < -0.4 is 5.32 Å². The first kappa shape index (κ1) is 18.7. The molecule has 0 heterocycles. The maximum absolute atomic E-state index is 12.2. The van der Waals surface area contributed by atoms with Gasteiger partial charge in [0.2, 0.25) is 0 Å². The van der Waals surface area contributed by atoms with Gasteiger partial charge in [-0.2, -0.15) is 13.2 Å². The normalized spacial score (nSPS) is 13.2. The van der Waals surface area contributed by atoms with Gasteiger partial charge in [0.1, 0.15) is 6.04 Å². The van der Waals surface area contributed by atoms with Gasteiger partial charge >= 0.3 is 18.1 Å². The lowest BCUT2D eigenvalue weighted by Gasteiger charge is -2.20. The molecule has 0 aliphatic heterocycles. The van der Waals surface area contributed by atoms with Crippen LogP contribution >= 0.6 is 0 Å². The van der Waals surface area contributed by atoms with Gasteiger partial charge in [0, 0.05) is 0 Å². The minimum atomic E-state index is -5.00. The van der Waals surface area contributed by atoms with Gasteiger partial charge in [-0.25, -0.2) is 4.79 Å². The Kier molecular flexibility index (Phi) is 8.25. The van der Waals surface area contributed by atoms with Gasteiger partial charge in [0.15, 0.2) is 0 Å². The third-order valence-electron chi connectivity index (χ3n) is 2.55. The number of esters is 1. The highest BCUT2D eigenvalue weighted by molar-refractivity contribution is 5.87. The molecular formula is C13H22F3NO3. The van der Waals surface area contributed by atoms with Crippen molar-refractivity contribution < 1.29 is 27.5 Å². The van der Waals surface area contributed by atoms with Gasteiger partial charge in [-0.3, -0.25) is 4.79 Å². The van der Waals surface area contributed by atoms with E-state index in [0.29, 0.717) is 6.42 Å². The third-order valence-corrected chi connectivity index (χ3v) is 2.55. The number of unbranched alkanes of at least 4 members (excludes halogenated alkanes) is 2. The summed E-state index contributed by atoms with van der Waals surface area (Å²) in [6.07, 6.45) is -2.43. The van der Waals surface area contributed by atoms with Crippen molar-refractivity contribution >= 4 is 11.9 Å². The van der Waals surface area contributed by atoms with Crippen molar-refractivity contribution in [3.05, 3.63) is 0 Å². The maximum Gasteiger partial charge on any atom is 0.471 e. The first-order valence-electron chi connectivity index (χ1n) is 6.72. The van der Waals surface area contributed by atoms with E-state index >= 15 is 0 Å². The molecule has 7 heteroatoms. The van der Waals surface area contributed by atoms with E-state index in [-0.39, 0.29) is 18.9 Å². The molecule has 0 rings (SSSR count). The number of carbonyl (C=O) groups is 2. The lowest BCUT2D eigenvalue weighted by atomic mass is 10.0. The highest BCUT2D eigenvalue weighted by Gasteiger charge is 2.41. The molecule has 20 heavy (non-hydrogen) atoms. The van der Waals surface area contributed by atoms with Crippen LogP contribution in [0.3, 0.4) is 0 Å². The minimum absolute atomic E-state index is 0.0447. The summed E-state index contributed by atoms with van der Waals surface area (Å²) in [5.74, 6) is -2.97. The summed E-state index contributed by atoms with van der Waals surface area (Å²) in [5, 5.41) is 1.69. The lowest BCUT2D eigenvalue weighted by Crippen LogP contribution is -2.48. The molecule has 0 aromatic rings. The molecule has 0 aromatic carbocycles. The smallest absolute Gasteiger partial charge is 0.464 e. The van der Waals surface area contributed by atoms with Gasteiger partial charge in [-0.05, 0) is 18.8 Å². The van der Waals surface area contributed by atoms with E-state index in [4.69, 9.17) is 4.74 Å². The van der Waals surface area contributed by atoms with E-state index in [9.17, 15) is 22.8 Å². The Labute approximate surface area is 117 Å². The summed E-state index contributed by atoms with van der Waals surface area (Å²) >= 11 is 0. The molecule has 118 valence electrons. The fourth-order valence-electron chi connectivity index (χ4n) is 1.55. The highest BCUT2D eigenvalue weighted by Crippen LogP contribution is 2.16. The van der Waals surface area contributed by atoms with Crippen molar-refractivity contribution in [3.8, 4) is 0 Å². The average molecular weight is 297 g/mol. The number of carbonyl (C=O) groups excluding carboxylic acids is 2. The van der Waals surface area contributed by atoms with Gasteiger partial charge < -0.3 is 10.1 Å². The summed E-state index contributed by atoms with van der Waals surface area (Å²) < 4.78 is 41.5. The molecule has 0 saturated carbocycles. The third kappa shape index (κ3) is 8.01. The maximum atomic E-state index is 12.2. The molecule has 0 bridgehead atoms. The second kappa shape index (κ2) is 8.81. The Morgan fingerprint density at radius 1 is 1.20 bits per heavy atom. The van der Waals surface area contributed by atoms with Crippen LogP contribution in [0.4, 0.5) is 13.2 Å². The van der Waals surface area contributed by atoms with Crippen molar-refractivity contribution in [1.82, 2.24) is 5.32 Å². The molecule has 1 amide bonds. The molecule has 1 unspecified atom stereocenters. The quantitative estimate of drug-likeness (QED) is 0.553. The monoisotopic (exact) mass is 297 g/mol. The lowest BCUT2D eigenvalue weighted by molar-refractivity contribution is -0.176. The van der Waals surface area contributed by atoms with Crippen LogP contribution in [0.2, 0.25) is 0 Å². The Morgan fingerprint density at radius 3 is 2.25 bits per heavy atom. The largest absolute Gasteiger partial charge is 0.471 e. The molecule has 1 atom stereocenters. The molecule has 0 radical (unpaired) electrons. The van der Waals surface area contributed by atoms with E-state index in [2.05, 4.69) is 0 Å². The number of ether oxygens (including phenoxy) is 1. The summed E-state index contributed by atoms with van der Waals surface area (Å²) in [5.41, 5.74) is 0. The fourth-order valence-corrected chi connectivity index (χ4v) is 1.55. The molecule has 0 aliphatic rings. The van der Waals surface area contributed by atoms with Gasteiger partial charge in [-0.15, -0.1) is 0 Å². The van der Waals surface area contributed by atoms with Crippen molar-refractivity contribution in [2.45, 2.75) is 58.7 Å². The number of amides is 1. The zero-order valence-corrected chi connectivity index (χ0v) is 12.0. The molecule has 0 fully saturated rings. The Morgan fingerprint density at radius 2 is 1.80 bits per heavy atom. The first-order valence-corrected chi connectivity index (χ1v) is 6.72. The summed E-state index contributed by atoms with van der Waals surface area (Å²) in [4.78, 5) is 22.6. The van der Waals surface area contributed by atoms with Crippen molar-refractivity contribution in [1.29, 1.82) is 0 Å². The van der Waals surface area contributed by atoms with Crippen molar-refractivity contribution in [2.24, 2.45) is 5.92 Å². The minimum Gasteiger partial charge on any atom is -0.464 e. The predicted molar refractivity (Wildman–Crippen MR) is 67.9 cm³/mol. The number of halogens is 3. The van der Waals surface area contributed by atoms with E-state index in [0.717, 1.165) is 12.8 Å². The van der Waals surface area contributed by atoms with E-state index < -0.39 is 24.1 Å². The Hall–Kier alpha value is -1.27. The van der Waals surface area contributed by atoms with Crippen LogP contribution in [0.15, 0.2) is 0 Å². The number of alkyl halides is 3. The van der Waals surface area contributed by atoms with E-state index in [1.807, 2.05) is 6.92 Å². The number of rotatable bonds is 8. The standard InChI is InChI=1S/C13H22F3NO3/c1-4-5-6-7-20-11(18)10(8-9(2)3)17-12(19)13(14,15)16/h9-10H,4-8H2,1-3H3,(H,17,19). The molecule has 1 N–H and O–H groups in total. The summed E-state index contributed by atoms with van der Waals surface area (Å²) in [6, 6.07) is -1.26. The van der Waals surface area contributed by atoms with Crippen LogP contribution in [0.25, 0.3) is 0 Å². The van der Waals surface area contributed by atoms with E-state index in [1.54, 1.807) is 19.2 Å². The van der Waals surface area contributed by atoms with Gasteiger partial charge in [-0.1, -0.05) is 33.6 Å². The second-order valence-corrected chi connectivity index (χ2v) is 5.03. The molecular weight excluding hydrogens is 275 g/mol.